The molecular formula is C13H18N4O3. The number of anilines is 1. The van der Waals surface area contributed by atoms with Crippen molar-refractivity contribution in [2.75, 3.05) is 18.8 Å². The number of hydrogen-bond acceptors (Lipinski definition) is 5. The molecule has 0 aliphatic carbocycles. The second-order valence-corrected chi connectivity index (χ2v) is 4.91. The average molecular weight is 278 g/mol. The van der Waals surface area contributed by atoms with E-state index in [1.165, 1.54) is 10.6 Å². The van der Waals surface area contributed by atoms with Crippen molar-refractivity contribution in [2.24, 2.45) is 0 Å². The van der Waals surface area contributed by atoms with Crippen molar-refractivity contribution in [3.8, 4) is 0 Å². The molecule has 7 heteroatoms. The molecule has 1 aromatic heterocycles. The van der Waals surface area contributed by atoms with Gasteiger partial charge in [0.1, 0.15) is 0 Å². The predicted octanol–water partition coefficient (Wildman–Crippen LogP) is -0.832. The zero-order chi connectivity index (χ0) is 14.7. The zero-order valence-electron chi connectivity index (χ0n) is 11.3. The maximum Gasteiger partial charge on any atom is 0.250 e. The van der Waals surface area contributed by atoms with Crippen molar-refractivity contribution in [1.29, 1.82) is 0 Å². The van der Waals surface area contributed by atoms with Crippen molar-refractivity contribution < 1.29 is 9.59 Å². The maximum absolute atomic E-state index is 11.6. The van der Waals surface area contributed by atoms with Gasteiger partial charge >= 0.3 is 0 Å². The molecule has 1 atom stereocenters. The monoisotopic (exact) mass is 278 g/mol. The first-order valence-electron chi connectivity index (χ1n) is 6.51. The highest BCUT2D eigenvalue weighted by molar-refractivity contribution is 6.00. The van der Waals surface area contributed by atoms with Crippen molar-refractivity contribution in [3.05, 3.63) is 28.7 Å². The van der Waals surface area contributed by atoms with Gasteiger partial charge in [-0.25, -0.2) is 0 Å². The van der Waals surface area contributed by atoms with Crippen LogP contribution in [0.15, 0.2) is 23.1 Å². The summed E-state index contributed by atoms with van der Waals surface area (Å²) in [4.78, 5) is 36.2. The maximum atomic E-state index is 11.6. The van der Waals surface area contributed by atoms with Crippen LogP contribution in [0.5, 0.6) is 0 Å². The third-order valence-corrected chi connectivity index (χ3v) is 3.39. The molecule has 1 aliphatic heterocycles. The Morgan fingerprint density at radius 2 is 2.05 bits per heavy atom. The lowest BCUT2D eigenvalue weighted by Gasteiger charge is -2.31. The first-order valence-corrected chi connectivity index (χ1v) is 6.51. The Morgan fingerprint density at radius 3 is 2.80 bits per heavy atom. The first-order chi connectivity index (χ1) is 9.47. The Balaban J connectivity index is 1.92. The number of aromatic nitrogens is 1. The summed E-state index contributed by atoms with van der Waals surface area (Å²) in [7, 11) is 0. The number of piperazine rings is 1. The van der Waals surface area contributed by atoms with Gasteiger partial charge in [-0.2, -0.15) is 0 Å². The molecule has 7 nitrogen and oxygen atoms in total. The molecule has 0 bridgehead atoms. The molecule has 1 fully saturated rings. The number of rotatable bonds is 4. The Hall–Kier alpha value is -2.15. The molecule has 0 spiro atoms. The van der Waals surface area contributed by atoms with Crippen LogP contribution in [0.25, 0.3) is 0 Å². The SMILES string of the molecule is CC1C(=O)NC(=O)CN1CCCn1cc(N)ccc1=O. The molecule has 1 unspecified atom stereocenters. The largest absolute Gasteiger partial charge is 0.398 e. The van der Waals surface area contributed by atoms with E-state index in [0.717, 1.165) is 0 Å². The summed E-state index contributed by atoms with van der Waals surface area (Å²) in [5.74, 6) is -0.559. The molecule has 1 aromatic rings. The molecule has 1 aliphatic rings. The number of nitrogens with zero attached hydrogens (tertiary/aromatic N) is 2. The van der Waals surface area contributed by atoms with Crippen LogP contribution in [0.3, 0.4) is 0 Å². The van der Waals surface area contributed by atoms with Crippen LogP contribution in [0.4, 0.5) is 5.69 Å². The van der Waals surface area contributed by atoms with Gasteiger partial charge in [0.15, 0.2) is 0 Å². The smallest absolute Gasteiger partial charge is 0.250 e. The summed E-state index contributed by atoms with van der Waals surface area (Å²) in [6, 6.07) is 2.66. The number of amides is 2. The molecule has 3 N–H and O–H groups in total. The topological polar surface area (TPSA) is 97.4 Å². The number of carbonyl (C=O) groups excluding carboxylic acids is 2. The summed E-state index contributed by atoms with van der Waals surface area (Å²) in [6.07, 6.45) is 2.26. The lowest BCUT2D eigenvalue weighted by Crippen LogP contribution is -2.57. The molecule has 2 heterocycles. The third-order valence-electron chi connectivity index (χ3n) is 3.39. The number of hydrogen-bond donors (Lipinski definition) is 2. The average Bonchev–Trinajstić information content (AvgIpc) is 2.39. The Kier molecular flexibility index (Phi) is 4.19. The van der Waals surface area contributed by atoms with Gasteiger partial charge in [-0.15, -0.1) is 0 Å². The normalized spacial score (nSPS) is 19.9. The second kappa shape index (κ2) is 5.87. The van der Waals surface area contributed by atoms with E-state index >= 15 is 0 Å². The van der Waals surface area contributed by atoms with Crippen LogP contribution >= 0.6 is 0 Å². The Bertz CT molecular complexity index is 581. The number of nitrogens with one attached hydrogen (secondary N) is 1. The minimum atomic E-state index is -0.328. The fourth-order valence-corrected chi connectivity index (χ4v) is 2.21. The fraction of sp³-hybridized carbons (Fsp3) is 0.462. The van der Waals surface area contributed by atoms with E-state index in [-0.39, 0.29) is 30.0 Å². The van der Waals surface area contributed by atoms with Gasteiger partial charge in [0.05, 0.1) is 12.6 Å². The van der Waals surface area contributed by atoms with Crippen LogP contribution in [0, 0.1) is 0 Å². The fourth-order valence-electron chi connectivity index (χ4n) is 2.21. The van der Waals surface area contributed by atoms with Crippen molar-refractivity contribution >= 4 is 17.5 Å². The molecule has 0 aromatic carbocycles. The Labute approximate surface area is 116 Å². The summed E-state index contributed by atoms with van der Waals surface area (Å²) >= 11 is 0. The number of nitrogens with two attached hydrogens (primary N) is 1. The van der Waals surface area contributed by atoms with E-state index in [1.54, 1.807) is 24.1 Å². The van der Waals surface area contributed by atoms with Crippen LogP contribution in [-0.2, 0) is 16.1 Å². The van der Waals surface area contributed by atoms with Crippen LogP contribution in [-0.4, -0.2) is 40.4 Å². The van der Waals surface area contributed by atoms with Gasteiger partial charge < -0.3 is 10.3 Å². The number of nitrogen functional groups attached to an aromatic ring is 1. The van der Waals surface area contributed by atoms with Gasteiger partial charge in [0.25, 0.3) is 5.56 Å². The highest BCUT2D eigenvalue weighted by atomic mass is 16.2. The highest BCUT2D eigenvalue weighted by Gasteiger charge is 2.29. The lowest BCUT2D eigenvalue weighted by atomic mass is 10.2. The second-order valence-electron chi connectivity index (χ2n) is 4.91. The van der Waals surface area contributed by atoms with Gasteiger partial charge in [-0.3, -0.25) is 24.6 Å². The van der Waals surface area contributed by atoms with Crippen LogP contribution < -0.4 is 16.6 Å². The molecule has 0 radical (unpaired) electrons. The van der Waals surface area contributed by atoms with Crippen molar-refractivity contribution in [2.45, 2.75) is 25.9 Å². The van der Waals surface area contributed by atoms with E-state index < -0.39 is 0 Å². The van der Waals surface area contributed by atoms with E-state index in [9.17, 15) is 14.4 Å². The quantitative estimate of drug-likeness (QED) is 0.700. The molecule has 2 amide bonds. The van der Waals surface area contributed by atoms with Gasteiger partial charge in [0.2, 0.25) is 11.8 Å². The highest BCUT2D eigenvalue weighted by Crippen LogP contribution is 2.06. The summed E-state index contributed by atoms with van der Waals surface area (Å²) in [5, 5.41) is 2.29. The molecule has 0 saturated carbocycles. The first kappa shape index (κ1) is 14.3. The number of imide groups is 1. The molecule has 2 rings (SSSR count). The standard InChI is InChI=1S/C13H18N4O3/c1-9-13(20)15-11(18)8-16(9)5-2-6-17-7-10(14)3-4-12(17)19/h3-4,7,9H,2,5-6,8,14H2,1H3,(H,15,18,20). The number of carbonyl (C=O) groups is 2. The van der Waals surface area contributed by atoms with Crippen molar-refractivity contribution in [1.82, 2.24) is 14.8 Å². The number of pyridine rings is 1. The molecule has 108 valence electrons. The van der Waals surface area contributed by atoms with Crippen molar-refractivity contribution in [3.63, 3.8) is 0 Å². The van der Waals surface area contributed by atoms with E-state index in [0.29, 0.717) is 25.2 Å². The minimum absolute atomic E-state index is 0.111. The summed E-state index contributed by atoms with van der Waals surface area (Å²) in [5.41, 5.74) is 6.05. The lowest BCUT2D eigenvalue weighted by molar-refractivity contribution is -0.139. The van der Waals surface area contributed by atoms with Gasteiger partial charge in [0, 0.05) is 31.0 Å². The van der Waals surface area contributed by atoms with Gasteiger partial charge in [-0.05, 0) is 19.4 Å². The summed E-state index contributed by atoms with van der Waals surface area (Å²) in [6.45, 7) is 3.04. The van der Waals surface area contributed by atoms with E-state index in [4.69, 9.17) is 5.73 Å². The third kappa shape index (κ3) is 3.24. The summed E-state index contributed by atoms with van der Waals surface area (Å²) < 4.78 is 1.53. The zero-order valence-corrected chi connectivity index (χ0v) is 11.3. The molecular weight excluding hydrogens is 260 g/mol. The molecule has 1 saturated heterocycles. The van der Waals surface area contributed by atoms with E-state index in [2.05, 4.69) is 5.32 Å². The van der Waals surface area contributed by atoms with Gasteiger partial charge in [-0.1, -0.05) is 0 Å². The predicted molar refractivity (Wildman–Crippen MR) is 73.9 cm³/mol. The van der Waals surface area contributed by atoms with Crippen LogP contribution in [0.2, 0.25) is 0 Å². The van der Waals surface area contributed by atoms with E-state index in [1.807, 2.05) is 0 Å². The Morgan fingerprint density at radius 1 is 1.30 bits per heavy atom. The molecule has 20 heavy (non-hydrogen) atoms. The van der Waals surface area contributed by atoms with Crippen LogP contribution in [0.1, 0.15) is 13.3 Å². The minimum Gasteiger partial charge on any atom is -0.398 e. The number of aryl methyl sites for hydroxylation is 1.